The predicted octanol–water partition coefficient (Wildman–Crippen LogP) is 3.09. The number of rotatable bonds is 5. The molecule has 0 spiro atoms. The van der Waals surface area contributed by atoms with Gasteiger partial charge in [-0.1, -0.05) is 33.3 Å². The summed E-state index contributed by atoms with van der Waals surface area (Å²) in [4.78, 5) is 10.5. The Morgan fingerprint density at radius 3 is 2.38 bits per heavy atom. The fraction of sp³-hybridized carbons (Fsp3) is 0.727. The van der Waals surface area contributed by atoms with Gasteiger partial charge in [0.1, 0.15) is 0 Å². The second kappa shape index (κ2) is 5.79. The van der Waals surface area contributed by atoms with E-state index in [1.807, 2.05) is 6.08 Å². The molecule has 0 radical (unpaired) electrons. The molecule has 0 aromatic rings. The van der Waals surface area contributed by atoms with Gasteiger partial charge in [0.05, 0.1) is 0 Å². The van der Waals surface area contributed by atoms with E-state index in [1.165, 1.54) is 0 Å². The maximum Gasteiger partial charge on any atom is 0.330 e. The zero-order chi connectivity index (χ0) is 10.4. The molecule has 1 N–H and O–H groups in total. The molecule has 0 rings (SSSR count). The molecule has 2 heteroatoms. The molecule has 0 aliphatic heterocycles. The lowest BCUT2D eigenvalue weighted by atomic mass is 9.94. The summed E-state index contributed by atoms with van der Waals surface area (Å²) in [5, 5.41) is 8.65. The number of aliphatic carboxylic acids is 1. The van der Waals surface area contributed by atoms with Crippen LogP contribution in [-0.2, 0) is 4.79 Å². The summed E-state index contributed by atoms with van der Waals surface area (Å²) in [7, 11) is 0. The van der Waals surface area contributed by atoms with Crippen molar-refractivity contribution in [3.8, 4) is 0 Å². The molecule has 13 heavy (non-hydrogen) atoms. The summed E-state index contributed by atoms with van der Waals surface area (Å²) in [6.45, 7) is 8.07. The lowest BCUT2D eigenvalue weighted by Gasteiger charge is -2.12. The average molecular weight is 184 g/mol. The minimum Gasteiger partial charge on any atom is -0.478 e. The van der Waals surface area contributed by atoms with Gasteiger partial charge in [-0.2, -0.15) is 0 Å². The number of carboxylic acid groups (broad SMARTS) is 1. The van der Waals surface area contributed by atoms with Crippen molar-refractivity contribution in [1.29, 1.82) is 0 Å². The van der Waals surface area contributed by atoms with Crippen LogP contribution in [0.5, 0.6) is 0 Å². The zero-order valence-electron chi connectivity index (χ0n) is 9.00. The fourth-order valence-corrected chi connectivity index (χ4v) is 1.37. The first-order valence-corrected chi connectivity index (χ1v) is 4.89. The molecule has 0 heterocycles. The van der Waals surface area contributed by atoms with E-state index >= 15 is 0 Å². The first kappa shape index (κ1) is 12.2. The second-order valence-electron chi connectivity index (χ2n) is 3.88. The molecular weight excluding hydrogens is 164 g/mol. The lowest BCUT2D eigenvalue weighted by Crippen LogP contribution is -2.03. The Hall–Kier alpha value is -0.790. The first-order valence-electron chi connectivity index (χ1n) is 4.89. The third-order valence-corrected chi connectivity index (χ3v) is 2.34. The normalized spacial score (nSPS) is 16.8. The number of carboxylic acids is 1. The van der Waals surface area contributed by atoms with Gasteiger partial charge in [-0.25, -0.2) is 4.79 Å². The molecule has 0 aliphatic carbocycles. The highest BCUT2D eigenvalue weighted by molar-refractivity contribution is 5.85. The first-order chi connectivity index (χ1) is 5.97. The molecule has 76 valence electrons. The van der Waals surface area contributed by atoms with E-state index in [1.54, 1.807) is 6.92 Å². The summed E-state index contributed by atoms with van der Waals surface area (Å²) in [6.07, 6.45) is 4.07. The van der Waals surface area contributed by atoms with Crippen LogP contribution in [0, 0.1) is 11.8 Å². The number of hydrogen-bond acceptors (Lipinski definition) is 1. The van der Waals surface area contributed by atoms with Gasteiger partial charge in [0, 0.05) is 5.57 Å². The van der Waals surface area contributed by atoms with Crippen LogP contribution in [0.2, 0.25) is 0 Å². The molecule has 0 aromatic heterocycles. The van der Waals surface area contributed by atoms with E-state index in [0.29, 0.717) is 17.4 Å². The van der Waals surface area contributed by atoms with E-state index in [2.05, 4.69) is 20.8 Å². The van der Waals surface area contributed by atoms with Crippen molar-refractivity contribution in [2.75, 3.05) is 0 Å². The Morgan fingerprint density at radius 2 is 2.00 bits per heavy atom. The van der Waals surface area contributed by atoms with E-state index in [-0.39, 0.29) is 0 Å². The molecule has 0 saturated heterocycles. The van der Waals surface area contributed by atoms with E-state index in [9.17, 15) is 4.79 Å². The van der Waals surface area contributed by atoms with Crippen LogP contribution >= 0.6 is 0 Å². The molecule has 0 fully saturated rings. The SMILES string of the molecule is CC[C@@H](C)C[C@H](C)/C=C(\C)C(=O)O. The molecule has 0 amide bonds. The third-order valence-electron chi connectivity index (χ3n) is 2.34. The summed E-state index contributed by atoms with van der Waals surface area (Å²) in [6, 6.07) is 0. The van der Waals surface area contributed by atoms with Crippen molar-refractivity contribution in [1.82, 2.24) is 0 Å². The van der Waals surface area contributed by atoms with E-state index in [4.69, 9.17) is 5.11 Å². The van der Waals surface area contributed by atoms with Crippen molar-refractivity contribution >= 4 is 5.97 Å². The van der Waals surface area contributed by atoms with Gasteiger partial charge < -0.3 is 5.11 Å². The highest BCUT2D eigenvalue weighted by Crippen LogP contribution is 2.16. The van der Waals surface area contributed by atoms with Crippen LogP contribution in [0.3, 0.4) is 0 Å². The van der Waals surface area contributed by atoms with Crippen LogP contribution in [0.4, 0.5) is 0 Å². The van der Waals surface area contributed by atoms with Gasteiger partial charge in [0.25, 0.3) is 0 Å². The van der Waals surface area contributed by atoms with Crippen LogP contribution in [0.25, 0.3) is 0 Å². The monoisotopic (exact) mass is 184 g/mol. The Bertz CT molecular complexity index is 194. The van der Waals surface area contributed by atoms with Crippen LogP contribution in [0.1, 0.15) is 40.5 Å². The summed E-state index contributed by atoms with van der Waals surface area (Å²) >= 11 is 0. The summed E-state index contributed by atoms with van der Waals surface area (Å²) < 4.78 is 0. The largest absolute Gasteiger partial charge is 0.478 e. The molecule has 0 saturated carbocycles. The standard InChI is InChI=1S/C11H20O2/c1-5-8(2)6-9(3)7-10(4)11(12)13/h7-9H,5-6H2,1-4H3,(H,12,13)/b10-7+/t8-,9+/m1/s1. The van der Waals surface area contributed by atoms with Crippen LogP contribution < -0.4 is 0 Å². The molecule has 0 unspecified atom stereocenters. The number of hydrogen-bond donors (Lipinski definition) is 1. The summed E-state index contributed by atoms with van der Waals surface area (Å²) in [5.74, 6) is 0.231. The molecule has 0 aromatic carbocycles. The quantitative estimate of drug-likeness (QED) is 0.667. The van der Waals surface area contributed by atoms with Crippen LogP contribution in [0.15, 0.2) is 11.6 Å². The number of allylic oxidation sites excluding steroid dienone is 1. The molecular formula is C11H20O2. The predicted molar refractivity (Wildman–Crippen MR) is 54.6 cm³/mol. The molecule has 2 atom stereocenters. The topological polar surface area (TPSA) is 37.3 Å². The van der Waals surface area contributed by atoms with Gasteiger partial charge in [0.2, 0.25) is 0 Å². The summed E-state index contributed by atoms with van der Waals surface area (Å²) in [5.41, 5.74) is 0.454. The third kappa shape index (κ3) is 5.45. The minimum atomic E-state index is -0.809. The molecule has 0 aliphatic rings. The smallest absolute Gasteiger partial charge is 0.330 e. The Labute approximate surface area is 80.7 Å². The maximum atomic E-state index is 10.5. The highest BCUT2D eigenvalue weighted by atomic mass is 16.4. The van der Waals surface area contributed by atoms with Crippen molar-refractivity contribution in [2.24, 2.45) is 11.8 Å². The maximum absolute atomic E-state index is 10.5. The van der Waals surface area contributed by atoms with Crippen molar-refractivity contribution in [3.63, 3.8) is 0 Å². The van der Waals surface area contributed by atoms with Gasteiger partial charge in [0.15, 0.2) is 0 Å². The van der Waals surface area contributed by atoms with Crippen molar-refractivity contribution in [3.05, 3.63) is 11.6 Å². The van der Waals surface area contributed by atoms with Gasteiger partial charge >= 0.3 is 5.97 Å². The van der Waals surface area contributed by atoms with Crippen molar-refractivity contribution < 1.29 is 9.90 Å². The van der Waals surface area contributed by atoms with Crippen molar-refractivity contribution in [2.45, 2.75) is 40.5 Å². The Balaban J connectivity index is 4.06. The Kier molecular flexibility index (Phi) is 5.44. The Morgan fingerprint density at radius 1 is 1.46 bits per heavy atom. The second-order valence-corrected chi connectivity index (χ2v) is 3.88. The van der Waals surface area contributed by atoms with E-state index < -0.39 is 5.97 Å². The van der Waals surface area contributed by atoms with Gasteiger partial charge in [-0.3, -0.25) is 0 Å². The minimum absolute atomic E-state index is 0.367. The molecule has 0 bridgehead atoms. The van der Waals surface area contributed by atoms with E-state index in [0.717, 1.165) is 12.8 Å². The lowest BCUT2D eigenvalue weighted by molar-refractivity contribution is -0.132. The van der Waals surface area contributed by atoms with Gasteiger partial charge in [-0.15, -0.1) is 0 Å². The molecule has 2 nitrogen and oxygen atoms in total. The zero-order valence-corrected chi connectivity index (χ0v) is 9.00. The number of carbonyl (C=O) groups is 1. The highest BCUT2D eigenvalue weighted by Gasteiger charge is 2.07. The van der Waals surface area contributed by atoms with Gasteiger partial charge in [-0.05, 0) is 25.2 Å². The average Bonchev–Trinajstić information content (AvgIpc) is 2.03. The fourth-order valence-electron chi connectivity index (χ4n) is 1.37. The van der Waals surface area contributed by atoms with Crippen LogP contribution in [-0.4, -0.2) is 11.1 Å².